The van der Waals surface area contributed by atoms with Gasteiger partial charge in [-0.25, -0.2) is 32.2 Å². The maximum atomic E-state index is 13.5. The maximum absolute atomic E-state index is 13.5. The second-order valence-corrected chi connectivity index (χ2v) is 29.7. The van der Waals surface area contributed by atoms with E-state index in [1.54, 1.807) is 128 Å². The number of nitrogens with one attached hydrogen (secondary N) is 1. The van der Waals surface area contributed by atoms with Crippen LogP contribution in [-0.4, -0.2) is 118 Å². The van der Waals surface area contributed by atoms with Crippen LogP contribution in [0.25, 0.3) is 52.0 Å². The third-order valence-electron chi connectivity index (χ3n) is 17.4. The average molecular weight is 1490 g/mol. The number of hydrogen-bond acceptors (Lipinski definition) is 10. The first-order valence-electron chi connectivity index (χ1n) is 32.0. The lowest BCUT2D eigenvalue weighted by molar-refractivity contribution is 0.0715. The van der Waals surface area contributed by atoms with Crippen LogP contribution in [0.15, 0.2) is 127 Å². The molecule has 0 spiro atoms. The Kier molecular flexibility index (Phi) is 22.3. The molecule has 98 heavy (non-hydrogen) atoms. The van der Waals surface area contributed by atoms with Crippen LogP contribution in [-0.2, 0) is 17.3 Å². The molecule has 6 aromatic carbocycles. The lowest BCUT2D eigenvalue weighted by Gasteiger charge is -2.26. The van der Waals surface area contributed by atoms with Gasteiger partial charge in [0.25, 0.3) is 17.7 Å². The number of amides is 3. The van der Waals surface area contributed by atoms with Gasteiger partial charge >= 0.3 is 0 Å². The Balaban J connectivity index is 0.000000132. The Morgan fingerprint density at radius 1 is 0.388 bits per heavy atom. The van der Waals surface area contributed by atoms with E-state index in [0.717, 1.165) is 169 Å². The Labute approximate surface area is 608 Å². The van der Waals surface area contributed by atoms with Crippen LogP contribution >= 0.6 is 105 Å². The SMILES string of the molecule is O=C(NN1CCCC1)c1nn(-c2ccc(Cl)cc2Cl)c2c1CSC/C2=C\c1ccc(F)cc1.O=C(c1nn(-c2ccc(Cl)cc2Cl)c2c1CSC/C2=C\c1ccc(F)cc1)N1CCCC1.O=C(c1nn(-c2ccc(Cl)cc2Cl)c2c1CSC/C2=C\c1ccc(F)cc1)N1CCCCC1. The predicted molar refractivity (Wildman–Crippen MR) is 395 cm³/mol. The quantitative estimate of drug-likeness (QED) is 0.141. The molecule has 504 valence electrons. The molecule has 15 rings (SSSR count). The molecule has 1 N–H and O–H groups in total. The number of carbonyl (C=O) groups is 3. The minimum absolute atomic E-state index is 0.0292. The standard InChI is InChI=1S/C25H22Cl2FN3OS.C24H21Cl2FN4OS.C24H20Cl2FN3OS/c26-18-6-9-22(21(27)13-18)31-24-17(12-16-4-7-19(28)8-5-16)14-33-15-20(24)23(29-31)25(32)30-10-2-1-3-11-30;25-17-5-8-21(20(26)12-17)31-23-16(11-15-3-6-18(27)7-4-15)13-33-14-19(23)22(28-31)24(32)29-30-9-1-2-10-30;25-17-5-8-21(20(26)12-17)30-23-16(11-15-3-6-18(27)7-4-15)13-32-14-19(23)22(28-30)24(31)29-9-1-2-10-29/h4-9,12-13H,1-3,10-11,14-15H2;3-8,11-12H,1-2,9-10,13-14H2,(H,29,32);3-8,11-12H,1-2,9-10,13-14H2/b17-12+;2*16-11+. The maximum Gasteiger partial charge on any atom is 0.286 e. The number of likely N-dealkylation sites (tertiary alicyclic amines) is 2. The van der Waals surface area contributed by atoms with Crippen LogP contribution in [0.1, 0.15) is 127 Å². The Morgan fingerprint density at radius 2 is 0.694 bits per heavy atom. The van der Waals surface area contributed by atoms with Crippen molar-refractivity contribution in [3.05, 3.63) is 243 Å². The van der Waals surface area contributed by atoms with Crippen molar-refractivity contribution < 1.29 is 27.6 Å². The summed E-state index contributed by atoms with van der Waals surface area (Å²) in [4.78, 5) is 43.8. The van der Waals surface area contributed by atoms with Gasteiger partial charge in [-0.3, -0.25) is 19.8 Å². The summed E-state index contributed by atoms with van der Waals surface area (Å²) in [5.41, 5.74) is 17.3. The third-order valence-corrected chi connectivity index (χ3v) is 22.1. The lowest BCUT2D eigenvalue weighted by atomic mass is 10.0. The first kappa shape index (κ1) is 69.6. The fraction of sp³-hybridized carbons (Fsp3) is 0.260. The molecule has 0 aliphatic carbocycles. The van der Waals surface area contributed by atoms with Crippen molar-refractivity contribution in [2.24, 2.45) is 0 Å². The largest absolute Gasteiger partial charge is 0.337 e. The Bertz CT molecular complexity index is 4600. The molecule has 6 aliphatic heterocycles. The van der Waals surface area contributed by atoms with E-state index < -0.39 is 0 Å². The van der Waals surface area contributed by atoms with E-state index in [0.29, 0.717) is 81.5 Å². The third kappa shape index (κ3) is 15.7. The van der Waals surface area contributed by atoms with Crippen LogP contribution in [0.4, 0.5) is 13.2 Å². The number of aromatic nitrogens is 6. The molecule has 3 aromatic heterocycles. The number of piperidine rings is 1. The molecule has 3 fully saturated rings. The summed E-state index contributed by atoms with van der Waals surface area (Å²) in [7, 11) is 0. The summed E-state index contributed by atoms with van der Waals surface area (Å²) in [6.07, 6.45) is 13.4. The summed E-state index contributed by atoms with van der Waals surface area (Å²) >= 11 is 43.2. The van der Waals surface area contributed by atoms with E-state index in [1.807, 2.05) is 45.2 Å². The number of halogens is 9. The Hall–Kier alpha value is -6.88. The van der Waals surface area contributed by atoms with E-state index >= 15 is 0 Å². The van der Waals surface area contributed by atoms with Crippen LogP contribution in [0.2, 0.25) is 30.1 Å². The fourth-order valence-corrected chi connectivity index (χ4v) is 17.2. The lowest BCUT2D eigenvalue weighted by Crippen LogP contribution is -2.40. The van der Waals surface area contributed by atoms with E-state index in [2.05, 4.69) is 5.43 Å². The average Bonchev–Trinajstić information content (AvgIpc) is 1.70. The van der Waals surface area contributed by atoms with Crippen LogP contribution in [0, 0.1) is 17.5 Å². The first-order chi connectivity index (χ1) is 47.5. The zero-order chi connectivity index (χ0) is 68.1. The molecule has 13 nitrogen and oxygen atoms in total. The second-order valence-electron chi connectivity index (χ2n) is 24.2. The van der Waals surface area contributed by atoms with E-state index in [1.165, 1.54) is 36.4 Å². The Morgan fingerprint density at radius 3 is 1.03 bits per heavy atom. The number of fused-ring (bicyclic) bond motifs is 3. The molecule has 25 heteroatoms. The fourth-order valence-electron chi connectivity index (χ4n) is 12.7. The van der Waals surface area contributed by atoms with Crippen molar-refractivity contribution in [3.63, 3.8) is 0 Å². The molecule has 3 amide bonds. The van der Waals surface area contributed by atoms with Gasteiger partial charge in [0, 0.05) is 106 Å². The van der Waals surface area contributed by atoms with Gasteiger partial charge in [0.1, 0.15) is 17.5 Å². The summed E-state index contributed by atoms with van der Waals surface area (Å²) in [5.74, 6) is 3.15. The van der Waals surface area contributed by atoms with Crippen molar-refractivity contribution >= 4 is 158 Å². The number of nitrogens with zero attached hydrogens (tertiary/aromatic N) is 9. The highest BCUT2D eigenvalue weighted by Gasteiger charge is 2.36. The smallest absolute Gasteiger partial charge is 0.286 e. The van der Waals surface area contributed by atoms with Crippen molar-refractivity contribution in [1.29, 1.82) is 0 Å². The van der Waals surface area contributed by atoms with Crippen LogP contribution < -0.4 is 5.43 Å². The summed E-state index contributed by atoms with van der Waals surface area (Å²) in [6, 6.07) is 34.9. The molecule has 0 saturated carbocycles. The normalized spacial score (nSPS) is 17.3. The summed E-state index contributed by atoms with van der Waals surface area (Å²) < 4.78 is 45.5. The molecule has 0 atom stereocenters. The number of rotatable bonds is 10. The number of benzene rings is 6. The number of carbonyl (C=O) groups excluding carboxylic acids is 3. The van der Waals surface area contributed by atoms with E-state index in [9.17, 15) is 27.6 Å². The van der Waals surface area contributed by atoms with Gasteiger partial charge in [-0.05, 0) is 188 Å². The van der Waals surface area contributed by atoms with Gasteiger partial charge in [-0.2, -0.15) is 50.6 Å². The van der Waals surface area contributed by atoms with Gasteiger partial charge < -0.3 is 9.80 Å². The molecule has 9 aromatic rings. The number of hydrogen-bond donors (Lipinski definition) is 1. The molecule has 0 radical (unpaired) electrons. The van der Waals surface area contributed by atoms with Gasteiger partial charge in [0.05, 0.1) is 49.2 Å². The van der Waals surface area contributed by atoms with Crippen molar-refractivity contribution in [3.8, 4) is 17.1 Å². The zero-order valence-electron chi connectivity index (χ0n) is 52.7. The van der Waals surface area contributed by atoms with Gasteiger partial charge in [-0.15, -0.1) is 0 Å². The molecule has 0 unspecified atom stereocenters. The number of hydrazine groups is 1. The van der Waals surface area contributed by atoms with E-state index in [4.69, 9.17) is 84.9 Å². The highest BCUT2D eigenvalue weighted by molar-refractivity contribution is 7.99. The summed E-state index contributed by atoms with van der Waals surface area (Å²) in [5, 5.41) is 19.2. The van der Waals surface area contributed by atoms with Crippen LogP contribution in [0.5, 0.6) is 0 Å². The molecule has 9 heterocycles. The van der Waals surface area contributed by atoms with E-state index in [-0.39, 0.29) is 35.2 Å². The topological polar surface area (TPSA) is 126 Å². The first-order valence-corrected chi connectivity index (χ1v) is 37.7. The summed E-state index contributed by atoms with van der Waals surface area (Å²) in [6.45, 7) is 4.70. The predicted octanol–water partition coefficient (Wildman–Crippen LogP) is 18.9. The van der Waals surface area contributed by atoms with Crippen LogP contribution in [0.3, 0.4) is 0 Å². The molecule has 0 bridgehead atoms. The monoisotopic (exact) mass is 1490 g/mol. The minimum Gasteiger partial charge on any atom is -0.337 e. The minimum atomic E-state index is -0.283. The van der Waals surface area contributed by atoms with Gasteiger partial charge in [-0.1, -0.05) is 106 Å². The highest BCUT2D eigenvalue weighted by Crippen LogP contribution is 2.43. The zero-order valence-corrected chi connectivity index (χ0v) is 59.7. The second kappa shape index (κ2) is 31.3. The van der Waals surface area contributed by atoms with Gasteiger partial charge in [0.2, 0.25) is 0 Å². The van der Waals surface area contributed by atoms with Crippen molar-refractivity contribution in [2.75, 3.05) is 56.5 Å². The van der Waals surface area contributed by atoms with Crippen molar-refractivity contribution in [2.45, 2.75) is 62.2 Å². The molecular formula is C73H63Cl6F3N10O3S3. The molecule has 3 saturated heterocycles. The van der Waals surface area contributed by atoms with Crippen molar-refractivity contribution in [1.82, 2.24) is 49.6 Å². The number of thioether (sulfide) groups is 3. The molecular weight excluding hydrogens is 1430 g/mol. The highest BCUT2D eigenvalue weighted by atomic mass is 35.5. The van der Waals surface area contributed by atoms with Gasteiger partial charge in [0.15, 0.2) is 17.1 Å². The molecule has 6 aliphatic rings.